The number of hydrogen-bond donors (Lipinski definition) is 3. The van der Waals surface area contributed by atoms with E-state index in [0.717, 1.165) is 15.6 Å². The van der Waals surface area contributed by atoms with E-state index in [1.165, 1.54) is 0 Å². The van der Waals surface area contributed by atoms with Crippen molar-refractivity contribution in [2.24, 2.45) is 12.9 Å². The van der Waals surface area contributed by atoms with Gasteiger partial charge in [0, 0.05) is 22.5 Å². The lowest BCUT2D eigenvalue weighted by Crippen LogP contribution is -2.29. The van der Waals surface area contributed by atoms with Gasteiger partial charge >= 0.3 is 0 Å². The number of halogens is 1. The van der Waals surface area contributed by atoms with Crippen LogP contribution in [0.3, 0.4) is 0 Å². The Kier molecular flexibility index (Phi) is 3.29. The zero-order chi connectivity index (χ0) is 11.7. The van der Waals surface area contributed by atoms with Crippen molar-refractivity contribution in [2.75, 3.05) is 5.73 Å². The fraction of sp³-hybridized carbons (Fsp3) is 0.222. The van der Waals surface area contributed by atoms with E-state index in [2.05, 4.69) is 26.5 Å². The van der Waals surface area contributed by atoms with E-state index in [-0.39, 0.29) is 6.04 Å². The summed E-state index contributed by atoms with van der Waals surface area (Å²) in [5, 5.41) is 8.14. The zero-order valence-corrected chi connectivity index (χ0v) is 11.0. The molecule has 1 atom stereocenters. The second-order valence-corrected chi connectivity index (χ2v) is 4.98. The van der Waals surface area contributed by atoms with Gasteiger partial charge in [0.1, 0.15) is 5.82 Å². The van der Waals surface area contributed by atoms with Crippen molar-refractivity contribution in [3.63, 3.8) is 0 Å². The predicted octanol–water partition coefficient (Wildman–Crippen LogP) is 1.38. The topological polar surface area (TPSA) is 81.9 Å². The van der Waals surface area contributed by atoms with Crippen LogP contribution in [0.15, 0.2) is 21.4 Å². The maximum atomic E-state index is 5.93. The van der Waals surface area contributed by atoms with Crippen molar-refractivity contribution in [2.45, 2.75) is 6.04 Å². The van der Waals surface area contributed by atoms with Gasteiger partial charge in [-0.05, 0) is 26.9 Å². The molecule has 0 amide bonds. The minimum absolute atomic E-state index is 0.144. The number of nitrogen functional groups attached to an aromatic ring is 1. The Balaban J connectivity index is 2.45. The van der Waals surface area contributed by atoms with Crippen LogP contribution in [-0.4, -0.2) is 9.78 Å². The molecule has 0 fully saturated rings. The van der Waals surface area contributed by atoms with Crippen LogP contribution >= 0.6 is 27.3 Å². The largest absolute Gasteiger partial charge is 0.384 e. The fourth-order valence-electron chi connectivity index (χ4n) is 1.53. The van der Waals surface area contributed by atoms with Gasteiger partial charge in [-0.25, -0.2) is 5.43 Å². The van der Waals surface area contributed by atoms with Crippen LogP contribution in [0.25, 0.3) is 0 Å². The number of anilines is 1. The standard InChI is InChI=1S/C9H12BrN5S/c1-15-9(11)5(2-13-15)8(14-12)6-3-16-4-7(6)10/h2-4,8,14H,11-12H2,1H3. The highest BCUT2D eigenvalue weighted by molar-refractivity contribution is 9.10. The molecule has 7 heteroatoms. The molecule has 2 aromatic rings. The number of hydrogen-bond acceptors (Lipinski definition) is 5. The number of hydrazine groups is 1. The smallest absolute Gasteiger partial charge is 0.126 e. The van der Waals surface area contributed by atoms with Crippen molar-refractivity contribution in [3.05, 3.63) is 32.6 Å². The number of nitrogens with two attached hydrogens (primary N) is 2. The fourth-order valence-corrected chi connectivity index (χ4v) is 3.08. The van der Waals surface area contributed by atoms with Crippen LogP contribution in [0, 0.1) is 0 Å². The molecule has 0 aromatic carbocycles. The summed E-state index contributed by atoms with van der Waals surface area (Å²) in [5.74, 6) is 6.20. The molecule has 2 rings (SSSR count). The quantitative estimate of drug-likeness (QED) is 0.591. The predicted molar refractivity (Wildman–Crippen MR) is 68.8 cm³/mol. The first-order chi connectivity index (χ1) is 7.65. The highest BCUT2D eigenvalue weighted by atomic mass is 79.9. The molecule has 86 valence electrons. The molecule has 0 saturated heterocycles. The molecular formula is C9H12BrN5S. The summed E-state index contributed by atoms with van der Waals surface area (Å²) in [6.45, 7) is 0. The number of thiophene rings is 1. The molecule has 1 unspecified atom stereocenters. The van der Waals surface area contributed by atoms with E-state index in [9.17, 15) is 0 Å². The molecule has 0 bridgehead atoms. The third kappa shape index (κ3) is 1.86. The number of nitrogens with one attached hydrogen (secondary N) is 1. The van der Waals surface area contributed by atoms with E-state index >= 15 is 0 Å². The highest BCUT2D eigenvalue weighted by Crippen LogP contribution is 2.33. The molecule has 16 heavy (non-hydrogen) atoms. The first kappa shape index (κ1) is 11.6. The molecule has 0 aliphatic carbocycles. The van der Waals surface area contributed by atoms with Crippen LogP contribution in [0.1, 0.15) is 17.2 Å². The SMILES string of the molecule is Cn1ncc(C(NN)c2cscc2Br)c1N. The average molecular weight is 302 g/mol. The highest BCUT2D eigenvalue weighted by Gasteiger charge is 2.20. The van der Waals surface area contributed by atoms with Crippen LogP contribution < -0.4 is 17.0 Å². The van der Waals surface area contributed by atoms with Gasteiger partial charge in [0.05, 0.1) is 12.2 Å². The lowest BCUT2D eigenvalue weighted by Gasteiger charge is -2.14. The molecule has 0 radical (unpaired) electrons. The summed E-state index contributed by atoms with van der Waals surface area (Å²) in [6, 6.07) is -0.144. The maximum absolute atomic E-state index is 5.93. The molecule has 2 heterocycles. The van der Waals surface area contributed by atoms with E-state index in [4.69, 9.17) is 11.6 Å². The zero-order valence-electron chi connectivity index (χ0n) is 8.64. The summed E-state index contributed by atoms with van der Waals surface area (Å²) in [5.41, 5.74) is 10.6. The molecule has 0 spiro atoms. The lowest BCUT2D eigenvalue weighted by molar-refractivity contribution is 0.638. The Morgan fingerprint density at radius 2 is 2.25 bits per heavy atom. The van der Waals surface area contributed by atoms with Crippen molar-refractivity contribution < 1.29 is 0 Å². The third-order valence-corrected chi connectivity index (χ3v) is 4.20. The lowest BCUT2D eigenvalue weighted by atomic mass is 10.1. The van der Waals surface area contributed by atoms with Crippen molar-refractivity contribution in [1.29, 1.82) is 0 Å². The average Bonchev–Trinajstić information content (AvgIpc) is 2.81. The Morgan fingerprint density at radius 3 is 2.69 bits per heavy atom. The Morgan fingerprint density at radius 1 is 1.50 bits per heavy atom. The van der Waals surface area contributed by atoms with E-state index in [0.29, 0.717) is 5.82 Å². The van der Waals surface area contributed by atoms with Crippen molar-refractivity contribution in [1.82, 2.24) is 15.2 Å². The van der Waals surface area contributed by atoms with Crippen LogP contribution in [0.5, 0.6) is 0 Å². The monoisotopic (exact) mass is 301 g/mol. The van der Waals surface area contributed by atoms with Crippen LogP contribution in [0.4, 0.5) is 5.82 Å². The second kappa shape index (κ2) is 4.54. The summed E-state index contributed by atoms with van der Waals surface area (Å²) in [4.78, 5) is 0. The van der Waals surface area contributed by atoms with E-state index in [1.807, 2.05) is 10.8 Å². The van der Waals surface area contributed by atoms with Gasteiger partial charge < -0.3 is 5.73 Å². The summed E-state index contributed by atoms with van der Waals surface area (Å²) in [7, 11) is 1.80. The normalized spacial score (nSPS) is 12.9. The molecule has 0 aliphatic rings. The van der Waals surface area contributed by atoms with Crippen LogP contribution in [-0.2, 0) is 7.05 Å². The second-order valence-electron chi connectivity index (χ2n) is 3.38. The van der Waals surface area contributed by atoms with Crippen LogP contribution in [0.2, 0.25) is 0 Å². The Bertz CT molecular complexity index is 492. The third-order valence-electron chi connectivity index (χ3n) is 2.45. The maximum Gasteiger partial charge on any atom is 0.126 e. The van der Waals surface area contributed by atoms with Gasteiger partial charge in [-0.3, -0.25) is 10.5 Å². The van der Waals surface area contributed by atoms with Gasteiger partial charge in [-0.15, -0.1) is 0 Å². The Labute approximate surface area is 106 Å². The van der Waals surface area contributed by atoms with Gasteiger partial charge in [0.25, 0.3) is 0 Å². The molecule has 0 saturated carbocycles. The molecular weight excluding hydrogens is 290 g/mol. The summed E-state index contributed by atoms with van der Waals surface area (Å²) < 4.78 is 2.64. The van der Waals surface area contributed by atoms with E-state index in [1.54, 1.807) is 29.3 Å². The molecule has 5 nitrogen and oxygen atoms in total. The number of aromatic nitrogens is 2. The number of nitrogens with zero attached hydrogens (tertiary/aromatic N) is 2. The van der Waals surface area contributed by atoms with Crippen molar-refractivity contribution >= 4 is 33.1 Å². The minimum atomic E-state index is -0.144. The first-order valence-corrected chi connectivity index (χ1v) is 6.33. The molecule has 0 aliphatic heterocycles. The summed E-state index contributed by atoms with van der Waals surface area (Å²) in [6.07, 6.45) is 1.73. The van der Waals surface area contributed by atoms with Gasteiger partial charge in [-0.1, -0.05) is 0 Å². The molecule has 5 N–H and O–H groups in total. The number of aryl methyl sites for hydroxylation is 1. The summed E-state index contributed by atoms with van der Waals surface area (Å²) >= 11 is 5.09. The first-order valence-electron chi connectivity index (χ1n) is 4.60. The van der Waals surface area contributed by atoms with Gasteiger partial charge in [0.15, 0.2) is 0 Å². The van der Waals surface area contributed by atoms with E-state index < -0.39 is 0 Å². The number of rotatable bonds is 3. The Hall–Kier alpha value is -0.890. The van der Waals surface area contributed by atoms with Gasteiger partial charge in [-0.2, -0.15) is 16.4 Å². The molecule has 2 aromatic heterocycles. The van der Waals surface area contributed by atoms with Crippen molar-refractivity contribution in [3.8, 4) is 0 Å². The van der Waals surface area contributed by atoms with Gasteiger partial charge in [0.2, 0.25) is 0 Å². The minimum Gasteiger partial charge on any atom is -0.384 e.